The van der Waals surface area contributed by atoms with Crippen molar-refractivity contribution in [3.63, 3.8) is 0 Å². The first-order chi connectivity index (χ1) is 11.5. The summed E-state index contributed by atoms with van der Waals surface area (Å²) in [6.07, 6.45) is 0. The normalized spacial score (nSPS) is 16.9. The molecule has 1 aliphatic rings. The Bertz CT molecular complexity index is 830. The van der Waals surface area contributed by atoms with Crippen molar-refractivity contribution in [2.24, 2.45) is 0 Å². The van der Waals surface area contributed by atoms with Crippen LogP contribution in [0.25, 0.3) is 0 Å². The molecule has 0 saturated carbocycles. The molecule has 122 valence electrons. The third-order valence-electron chi connectivity index (χ3n) is 3.51. The molecule has 5 nitrogen and oxygen atoms in total. The molecular formula is C17H12Cl2N2O3. The monoisotopic (exact) mass is 362 g/mol. The van der Waals surface area contributed by atoms with Gasteiger partial charge in [0.15, 0.2) is 0 Å². The van der Waals surface area contributed by atoms with E-state index in [4.69, 9.17) is 23.2 Å². The first kappa shape index (κ1) is 16.4. The van der Waals surface area contributed by atoms with E-state index in [1.165, 1.54) is 18.2 Å². The Morgan fingerprint density at radius 3 is 2.33 bits per heavy atom. The number of hydrogen-bond donors (Lipinski definition) is 3. The molecule has 1 unspecified atom stereocenters. The lowest BCUT2D eigenvalue weighted by atomic mass is 10.1. The second kappa shape index (κ2) is 6.55. The lowest BCUT2D eigenvalue weighted by molar-refractivity contribution is -0.120. The highest BCUT2D eigenvalue weighted by atomic mass is 35.5. The van der Waals surface area contributed by atoms with Crippen LogP contribution in [0, 0.1) is 0 Å². The van der Waals surface area contributed by atoms with Gasteiger partial charge in [-0.05, 0) is 23.8 Å². The zero-order valence-corrected chi connectivity index (χ0v) is 13.7. The average Bonchev–Trinajstić information content (AvgIpc) is 2.82. The summed E-state index contributed by atoms with van der Waals surface area (Å²) in [5.74, 6) is -1.70. The van der Waals surface area contributed by atoms with Gasteiger partial charge in [-0.25, -0.2) is 0 Å². The molecule has 1 aliphatic heterocycles. The SMILES string of the molecule is O=C(Nc1cc(Cl)cc(Cl)c1)C1=C(O)C(c2ccccc2)NC1=O. The molecule has 3 rings (SSSR count). The summed E-state index contributed by atoms with van der Waals surface area (Å²) < 4.78 is 0. The van der Waals surface area contributed by atoms with Gasteiger partial charge in [-0.1, -0.05) is 53.5 Å². The minimum Gasteiger partial charge on any atom is -0.509 e. The fraction of sp³-hybridized carbons (Fsp3) is 0.0588. The molecule has 1 atom stereocenters. The molecule has 0 bridgehead atoms. The van der Waals surface area contributed by atoms with Crippen molar-refractivity contribution in [3.8, 4) is 0 Å². The first-order valence-corrected chi connectivity index (χ1v) is 7.77. The fourth-order valence-corrected chi connectivity index (χ4v) is 2.98. The number of anilines is 1. The van der Waals surface area contributed by atoms with Crippen molar-refractivity contribution in [1.29, 1.82) is 0 Å². The number of halogens is 2. The van der Waals surface area contributed by atoms with Crippen molar-refractivity contribution in [1.82, 2.24) is 5.32 Å². The summed E-state index contributed by atoms with van der Waals surface area (Å²) in [6, 6.07) is 12.6. The van der Waals surface area contributed by atoms with Gasteiger partial charge < -0.3 is 15.7 Å². The second-order valence-electron chi connectivity index (χ2n) is 5.19. The van der Waals surface area contributed by atoms with Crippen molar-refractivity contribution < 1.29 is 14.7 Å². The predicted octanol–water partition coefficient (Wildman–Crippen LogP) is 3.62. The van der Waals surface area contributed by atoms with Gasteiger partial charge in [-0.15, -0.1) is 0 Å². The maximum absolute atomic E-state index is 12.4. The molecule has 2 amide bonds. The molecule has 1 heterocycles. The van der Waals surface area contributed by atoms with Crippen LogP contribution in [0.5, 0.6) is 0 Å². The fourth-order valence-electron chi connectivity index (χ4n) is 2.46. The van der Waals surface area contributed by atoms with E-state index in [9.17, 15) is 14.7 Å². The molecule has 0 radical (unpaired) electrons. The van der Waals surface area contributed by atoms with E-state index in [0.29, 0.717) is 21.3 Å². The molecule has 0 fully saturated rings. The van der Waals surface area contributed by atoms with E-state index in [1.807, 2.05) is 6.07 Å². The highest BCUT2D eigenvalue weighted by Gasteiger charge is 2.36. The highest BCUT2D eigenvalue weighted by molar-refractivity contribution is 6.35. The Balaban J connectivity index is 1.88. The minimum atomic E-state index is -0.748. The Morgan fingerprint density at radius 1 is 1.08 bits per heavy atom. The van der Waals surface area contributed by atoms with E-state index >= 15 is 0 Å². The van der Waals surface area contributed by atoms with Gasteiger partial charge in [0.1, 0.15) is 17.4 Å². The lowest BCUT2D eigenvalue weighted by Gasteiger charge is -2.10. The van der Waals surface area contributed by atoms with Crippen LogP contribution in [-0.2, 0) is 9.59 Å². The van der Waals surface area contributed by atoms with Crippen molar-refractivity contribution in [2.75, 3.05) is 5.32 Å². The van der Waals surface area contributed by atoms with Gasteiger partial charge in [0.2, 0.25) is 0 Å². The van der Waals surface area contributed by atoms with Gasteiger partial charge in [0, 0.05) is 15.7 Å². The number of aliphatic hydroxyl groups is 1. The largest absolute Gasteiger partial charge is 0.509 e. The summed E-state index contributed by atoms with van der Waals surface area (Å²) >= 11 is 11.8. The Kier molecular flexibility index (Phi) is 4.46. The van der Waals surface area contributed by atoms with Gasteiger partial charge in [0.25, 0.3) is 11.8 Å². The van der Waals surface area contributed by atoms with Crippen molar-refractivity contribution >= 4 is 40.7 Å². The summed E-state index contributed by atoms with van der Waals surface area (Å²) in [5.41, 5.74) is 0.672. The smallest absolute Gasteiger partial charge is 0.264 e. The van der Waals surface area contributed by atoms with E-state index in [1.54, 1.807) is 24.3 Å². The van der Waals surface area contributed by atoms with Crippen LogP contribution in [0.15, 0.2) is 59.9 Å². The van der Waals surface area contributed by atoms with E-state index in [0.717, 1.165) is 0 Å². The Labute approximate surface area is 147 Å². The number of hydrogen-bond acceptors (Lipinski definition) is 3. The minimum absolute atomic E-state index is 0.322. The first-order valence-electron chi connectivity index (χ1n) is 7.02. The zero-order chi connectivity index (χ0) is 17.3. The van der Waals surface area contributed by atoms with Crippen LogP contribution < -0.4 is 10.6 Å². The molecule has 0 aliphatic carbocycles. The predicted molar refractivity (Wildman–Crippen MR) is 92.1 cm³/mol. The molecular weight excluding hydrogens is 351 g/mol. The van der Waals surface area contributed by atoms with Gasteiger partial charge in [0.05, 0.1) is 0 Å². The standard InChI is InChI=1S/C17H12Cl2N2O3/c18-10-6-11(19)8-12(7-10)20-16(23)13-15(22)14(21-17(13)24)9-4-2-1-3-5-9/h1-8,14,22H,(H,20,23)(H,21,24). The topological polar surface area (TPSA) is 78.4 Å². The van der Waals surface area contributed by atoms with Crippen LogP contribution in [-0.4, -0.2) is 16.9 Å². The van der Waals surface area contributed by atoms with Gasteiger partial charge in [-0.2, -0.15) is 0 Å². The van der Waals surface area contributed by atoms with Crippen LogP contribution in [0.4, 0.5) is 5.69 Å². The lowest BCUT2D eigenvalue weighted by Crippen LogP contribution is -2.26. The summed E-state index contributed by atoms with van der Waals surface area (Å²) in [4.78, 5) is 24.5. The maximum atomic E-state index is 12.4. The number of rotatable bonds is 3. The number of carbonyl (C=O) groups excluding carboxylic acids is 2. The molecule has 0 saturated heterocycles. The number of carbonyl (C=O) groups is 2. The van der Waals surface area contributed by atoms with Crippen LogP contribution >= 0.6 is 23.2 Å². The third-order valence-corrected chi connectivity index (χ3v) is 3.95. The zero-order valence-electron chi connectivity index (χ0n) is 12.2. The molecule has 0 aromatic heterocycles. The number of aliphatic hydroxyl groups excluding tert-OH is 1. The number of benzene rings is 2. The van der Waals surface area contributed by atoms with Crippen LogP contribution in [0.3, 0.4) is 0 Å². The van der Waals surface area contributed by atoms with Crippen molar-refractivity contribution in [3.05, 3.63) is 75.5 Å². The molecule has 0 spiro atoms. The summed E-state index contributed by atoms with van der Waals surface area (Å²) in [7, 11) is 0. The molecule has 24 heavy (non-hydrogen) atoms. The van der Waals surface area contributed by atoms with Crippen LogP contribution in [0.1, 0.15) is 11.6 Å². The summed E-state index contributed by atoms with van der Waals surface area (Å²) in [6.45, 7) is 0. The van der Waals surface area contributed by atoms with E-state index in [2.05, 4.69) is 10.6 Å². The maximum Gasteiger partial charge on any atom is 0.264 e. The average molecular weight is 363 g/mol. The van der Waals surface area contributed by atoms with E-state index < -0.39 is 17.9 Å². The third kappa shape index (κ3) is 3.22. The van der Waals surface area contributed by atoms with Gasteiger partial charge >= 0.3 is 0 Å². The molecule has 2 aromatic rings. The Hall–Kier alpha value is -2.50. The molecule has 2 aromatic carbocycles. The van der Waals surface area contributed by atoms with E-state index in [-0.39, 0.29) is 11.3 Å². The van der Waals surface area contributed by atoms with Crippen molar-refractivity contribution in [2.45, 2.75) is 6.04 Å². The number of amides is 2. The highest BCUT2D eigenvalue weighted by Crippen LogP contribution is 2.29. The molecule has 7 heteroatoms. The quantitative estimate of drug-likeness (QED) is 0.729. The number of nitrogens with one attached hydrogen (secondary N) is 2. The second-order valence-corrected chi connectivity index (χ2v) is 6.06. The van der Waals surface area contributed by atoms with Gasteiger partial charge in [-0.3, -0.25) is 9.59 Å². The Morgan fingerprint density at radius 2 is 1.71 bits per heavy atom. The molecule has 3 N–H and O–H groups in total. The van der Waals surface area contributed by atoms with Crippen LogP contribution in [0.2, 0.25) is 10.0 Å². The summed E-state index contributed by atoms with van der Waals surface area (Å²) in [5, 5.41) is 16.1.